The minimum Gasteiger partial charge on any atom is -0.0817 e. The molecular weight excluding hydrogens is 240 g/mol. The molecule has 0 saturated heterocycles. The maximum atomic E-state index is 2.71. The fourth-order valence-electron chi connectivity index (χ4n) is 6.17. The molecule has 0 spiro atoms. The van der Waals surface area contributed by atoms with Crippen LogP contribution in [0.25, 0.3) is 0 Å². The summed E-state index contributed by atoms with van der Waals surface area (Å²) >= 11 is 0. The smallest absolute Gasteiger partial charge is 0.0146 e. The van der Waals surface area contributed by atoms with Crippen LogP contribution in [-0.4, -0.2) is 0 Å². The van der Waals surface area contributed by atoms with Gasteiger partial charge in [0.15, 0.2) is 0 Å². The second-order valence-corrected chi connectivity index (χ2v) is 9.22. The standard InChI is InChI=1S/C20H34/c1-14(2)15-7-9-17-16(13-15)8-10-18-19(3,4)11-6-12-20(17,18)5/h13-15,17-18H,6-12H2,1-5H3/t15-,17-,18-,20+/m0/s1. The van der Waals surface area contributed by atoms with E-state index in [4.69, 9.17) is 0 Å². The van der Waals surface area contributed by atoms with Gasteiger partial charge in [0.25, 0.3) is 0 Å². The largest absolute Gasteiger partial charge is 0.0817 e. The van der Waals surface area contributed by atoms with Gasteiger partial charge in [0.1, 0.15) is 0 Å². The van der Waals surface area contributed by atoms with Crippen molar-refractivity contribution < 1.29 is 0 Å². The van der Waals surface area contributed by atoms with Crippen LogP contribution in [0.2, 0.25) is 0 Å². The van der Waals surface area contributed by atoms with Crippen LogP contribution >= 0.6 is 0 Å². The Morgan fingerprint density at radius 2 is 1.80 bits per heavy atom. The van der Waals surface area contributed by atoms with Gasteiger partial charge in [0, 0.05) is 0 Å². The molecule has 0 unspecified atom stereocenters. The second-order valence-electron chi connectivity index (χ2n) is 9.22. The zero-order chi connectivity index (χ0) is 14.5. The van der Waals surface area contributed by atoms with Crippen molar-refractivity contribution in [1.29, 1.82) is 0 Å². The van der Waals surface area contributed by atoms with E-state index in [1.165, 1.54) is 44.9 Å². The molecule has 0 heteroatoms. The molecule has 2 fully saturated rings. The van der Waals surface area contributed by atoms with E-state index in [0.29, 0.717) is 10.8 Å². The Bertz CT molecular complexity index is 400. The number of rotatable bonds is 1. The summed E-state index contributed by atoms with van der Waals surface area (Å²) < 4.78 is 0. The van der Waals surface area contributed by atoms with E-state index in [9.17, 15) is 0 Å². The third kappa shape index (κ3) is 2.18. The summed E-state index contributed by atoms with van der Waals surface area (Å²) in [6, 6.07) is 0. The van der Waals surface area contributed by atoms with E-state index in [1.54, 1.807) is 0 Å². The monoisotopic (exact) mass is 274 g/mol. The molecule has 3 aliphatic carbocycles. The summed E-state index contributed by atoms with van der Waals surface area (Å²) in [5.41, 5.74) is 3.03. The fourth-order valence-corrected chi connectivity index (χ4v) is 6.17. The number of allylic oxidation sites excluding steroid dienone is 2. The number of fused-ring (bicyclic) bond motifs is 3. The molecule has 0 radical (unpaired) electrons. The third-order valence-corrected chi connectivity index (χ3v) is 7.31. The Hall–Kier alpha value is -0.260. The molecule has 114 valence electrons. The molecule has 4 atom stereocenters. The molecule has 0 aromatic heterocycles. The van der Waals surface area contributed by atoms with Crippen LogP contribution in [0.15, 0.2) is 11.6 Å². The predicted octanol–water partition coefficient (Wildman–Crippen LogP) is 6.22. The molecule has 0 heterocycles. The van der Waals surface area contributed by atoms with Crippen molar-refractivity contribution in [2.45, 2.75) is 79.6 Å². The van der Waals surface area contributed by atoms with Crippen molar-refractivity contribution in [2.75, 3.05) is 0 Å². The molecule has 3 aliphatic rings. The van der Waals surface area contributed by atoms with Crippen molar-refractivity contribution in [1.82, 2.24) is 0 Å². The van der Waals surface area contributed by atoms with Crippen LogP contribution in [0.1, 0.15) is 79.6 Å². The van der Waals surface area contributed by atoms with Crippen LogP contribution in [0.4, 0.5) is 0 Å². The first-order chi connectivity index (χ1) is 9.34. The van der Waals surface area contributed by atoms with Crippen molar-refractivity contribution in [3.63, 3.8) is 0 Å². The number of hydrogen-bond acceptors (Lipinski definition) is 0. The zero-order valence-corrected chi connectivity index (χ0v) is 14.3. The van der Waals surface area contributed by atoms with Gasteiger partial charge in [-0.15, -0.1) is 0 Å². The molecule has 0 N–H and O–H groups in total. The van der Waals surface area contributed by atoms with Gasteiger partial charge in [0.2, 0.25) is 0 Å². The van der Waals surface area contributed by atoms with Gasteiger partial charge in [-0.3, -0.25) is 0 Å². The van der Waals surface area contributed by atoms with E-state index in [2.05, 4.69) is 40.7 Å². The minimum absolute atomic E-state index is 0.577. The summed E-state index contributed by atoms with van der Waals surface area (Å²) in [5, 5.41) is 0. The molecule has 0 amide bonds. The van der Waals surface area contributed by atoms with Crippen LogP contribution in [-0.2, 0) is 0 Å². The van der Waals surface area contributed by atoms with Gasteiger partial charge < -0.3 is 0 Å². The van der Waals surface area contributed by atoms with E-state index in [-0.39, 0.29) is 0 Å². The minimum atomic E-state index is 0.577. The molecule has 0 aromatic rings. The van der Waals surface area contributed by atoms with Crippen LogP contribution in [0.5, 0.6) is 0 Å². The van der Waals surface area contributed by atoms with Crippen LogP contribution in [0.3, 0.4) is 0 Å². The van der Waals surface area contributed by atoms with Gasteiger partial charge in [-0.05, 0) is 73.0 Å². The lowest BCUT2D eigenvalue weighted by Crippen LogP contribution is -2.50. The lowest BCUT2D eigenvalue weighted by molar-refractivity contribution is -0.0582. The third-order valence-electron chi connectivity index (χ3n) is 7.31. The molecule has 0 aliphatic heterocycles. The molecule has 0 bridgehead atoms. The predicted molar refractivity (Wildman–Crippen MR) is 87.6 cm³/mol. The van der Waals surface area contributed by atoms with Crippen LogP contribution in [0, 0.1) is 34.5 Å². The zero-order valence-electron chi connectivity index (χ0n) is 14.3. The fraction of sp³-hybridized carbons (Fsp3) is 0.900. The molecule has 20 heavy (non-hydrogen) atoms. The van der Waals surface area contributed by atoms with E-state index < -0.39 is 0 Å². The van der Waals surface area contributed by atoms with Crippen molar-refractivity contribution in [2.24, 2.45) is 34.5 Å². The maximum Gasteiger partial charge on any atom is -0.0146 e. The highest BCUT2D eigenvalue weighted by molar-refractivity contribution is 5.22. The average Bonchev–Trinajstić information content (AvgIpc) is 2.37. The Balaban J connectivity index is 1.91. The highest BCUT2D eigenvalue weighted by atomic mass is 14.6. The summed E-state index contributed by atoms with van der Waals surface area (Å²) in [6.07, 6.45) is 12.9. The Morgan fingerprint density at radius 3 is 2.50 bits per heavy atom. The summed E-state index contributed by atoms with van der Waals surface area (Å²) in [5.74, 6) is 3.56. The van der Waals surface area contributed by atoms with Gasteiger partial charge in [-0.25, -0.2) is 0 Å². The molecular formula is C20H34. The summed E-state index contributed by atoms with van der Waals surface area (Å²) in [6.45, 7) is 12.5. The van der Waals surface area contributed by atoms with Crippen molar-refractivity contribution in [3.05, 3.63) is 11.6 Å². The van der Waals surface area contributed by atoms with E-state index in [0.717, 1.165) is 23.7 Å². The number of hydrogen-bond donors (Lipinski definition) is 0. The van der Waals surface area contributed by atoms with Crippen molar-refractivity contribution in [3.8, 4) is 0 Å². The normalized spacial score (nSPS) is 43.7. The first-order valence-corrected chi connectivity index (χ1v) is 9.05. The van der Waals surface area contributed by atoms with Gasteiger partial charge >= 0.3 is 0 Å². The lowest BCUT2D eigenvalue weighted by atomic mass is 9.46. The summed E-state index contributed by atoms with van der Waals surface area (Å²) in [7, 11) is 0. The van der Waals surface area contributed by atoms with E-state index >= 15 is 0 Å². The molecule has 3 rings (SSSR count). The van der Waals surface area contributed by atoms with E-state index in [1.807, 2.05) is 5.57 Å². The van der Waals surface area contributed by atoms with Gasteiger partial charge in [-0.1, -0.05) is 52.7 Å². The molecule has 0 aromatic carbocycles. The SMILES string of the molecule is CC(C)[C@@H]1C=C2CC[C@H]3C(C)(C)CCC[C@]3(C)[C@H]2CC1. The Kier molecular flexibility index (Phi) is 3.58. The first kappa shape index (κ1) is 14.7. The quantitative estimate of drug-likeness (QED) is 0.498. The first-order valence-electron chi connectivity index (χ1n) is 9.05. The molecule has 2 saturated carbocycles. The maximum absolute atomic E-state index is 2.71. The lowest BCUT2D eigenvalue weighted by Gasteiger charge is -2.59. The Labute approximate surface area is 126 Å². The van der Waals surface area contributed by atoms with Gasteiger partial charge in [-0.2, -0.15) is 0 Å². The van der Waals surface area contributed by atoms with Crippen LogP contribution < -0.4 is 0 Å². The van der Waals surface area contributed by atoms with Crippen molar-refractivity contribution >= 4 is 0 Å². The highest BCUT2D eigenvalue weighted by Crippen LogP contribution is 2.63. The van der Waals surface area contributed by atoms with Gasteiger partial charge in [0.05, 0.1) is 0 Å². The highest BCUT2D eigenvalue weighted by Gasteiger charge is 2.53. The topological polar surface area (TPSA) is 0 Å². The second kappa shape index (κ2) is 4.89. The summed E-state index contributed by atoms with van der Waals surface area (Å²) in [4.78, 5) is 0. The molecule has 0 nitrogen and oxygen atoms in total. The average molecular weight is 274 g/mol. The Morgan fingerprint density at radius 1 is 1.05 bits per heavy atom.